The number of para-hydroxylation sites is 1. The number of pyridine rings is 1. The van der Waals surface area contributed by atoms with E-state index in [2.05, 4.69) is 5.16 Å². The Labute approximate surface area is 155 Å². The Bertz CT molecular complexity index is 1070. The summed E-state index contributed by atoms with van der Waals surface area (Å²) < 4.78 is 6.76. The maximum atomic E-state index is 13.1. The summed E-state index contributed by atoms with van der Waals surface area (Å²) >= 11 is 0. The van der Waals surface area contributed by atoms with E-state index in [4.69, 9.17) is 4.52 Å². The van der Waals surface area contributed by atoms with Gasteiger partial charge in [0.1, 0.15) is 5.76 Å². The summed E-state index contributed by atoms with van der Waals surface area (Å²) in [6.07, 6.45) is -0.125. The average molecular weight is 367 g/mol. The van der Waals surface area contributed by atoms with Gasteiger partial charge in [-0.3, -0.25) is 9.59 Å². The lowest BCUT2D eigenvalue weighted by atomic mass is 10.0. The number of β-amino-alcohol motifs (C(OH)–C–C–N with tert-alkyl or cyclic N) is 1. The number of aliphatic hydroxyl groups excluding tert-OH is 1. The summed E-state index contributed by atoms with van der Waals surface area (Å²) in [7, 11) is 1.69. The first-order valence-corrected chi connectivity index (χ1v) is 8.92. The van der Waals surface area contributed by atoms with Gasteiger partial charge in [0.15, 0.2) is 0 Å². The molecule has 1 fully saturated rings. The van der Waals surface area contributed by atoms with E-state index in [-0.39, 0.29) is 23.9 Å². The van der Waals surface area contributed by atoms with E-state index in [1.807, 2.05) is 37.3 Å². The average Bonchev–Trinajstić information content (AvgIpc) is 3.23. The number of amides is 1. The fraction of sp³-hybridized carbons (Fsp3) is 0.350. The standard InChI is InChI=1S/C20H21N3O4/c1-12-7-14(27-21-12)8-13-10-23(11-18(13)24)20(26)16-9-19(25)22(2)17-6-4-3-5-15(16)17/h3-7,9,13,18,24H,8,10-11H2,1-2H3/t13-,18-/m1/s1. The number of carbonyl (C=O) groups excluding carboxylic acids is 1. The van der Waals surface area contributed by atoms with E-state index in [0.717, 1.165) is 11.1 Å². The third-order valence-electron chi connectivity index (χ3n) is 5.22. The molecule has 1 saturated heterocycles. The molecule has 7 heteroatoms. The lowest BCUT2D eigenvalue weighted by Gasteiger charge is -2.18. The van der Waals surface area contributed by atoms with Crippen molar-refractivity contribution in [3.05, 3.63) is 63.8 Å². The summed E-state index contributed by atoms with van der Waals surface area (Å²) in [5.74, 6) is 0.336. The molecular formula is C20H21N3O4. The van der Waals surface area contributed by atoms with Gasteiger partial charge in [0.05, 0.1) is 22.9 Å². The van der Waals surface area contributed by atoms with Crippen molar-refractivity contribution in [3.8, 4) is 0 Å². The van der Waals surface area contributed by atoms with Gasteiger partial charge in [-0.1, -0.05) is 23.4 Å². The largest absolute Gasteiger partial charge is 0.391 e. The quantitative estimate of drug-likeness (QED) is 0.758. The van der Waals surface area contributed by atoms with Crippen LogP contribution >= 0.6 is 0 Å². The maximum absolute atomic E-state index is 13.1. The molecule has 0 unspecified atom stereocenters. The molecule has 1 N–H and O–H groups in total. The van der Waals surface area contributed by atoms with Crippen molar-refractivity contribution < 1.29 is 14.4 Å². The molecule has 0 bridgehead atoms. The fourth-order valence-corrected chi connectivity index (χ4v) is 3.75. The van der Waals surface area contributed by atoms with Gasteiger partial charge in [0, 0.05) is 50.0 Å². The normalized spacial score (nSPS) is 19.7. The zero-order valence-electron chi connectivity index (χ0n) is 15.3. The second-order valence-electron chi connectivity index (χ2n) is 7.15. The number of nitrogens with zero attached hydrogens (tertiary/aromatic N) is 3. The lowest BCUT2D eigenvalue weighted by Crippen LogP contribution is -2.31. The minimum Gasteiger partial charge on any atom is -0.391 e. The summed E-state index contributed by atoms with van der Waals surface area (Å²) in [4.78, 5) is 27.0. The second-order valence-corrected chi connectivity index (χ2v) is 7.15. The van der Waals surface area contributed by atoms with Crippen molar-refractivity contribution in [3.63, 3.8) is 0 Å². The molecule has 2 aromatic heterocycles. The van der Waals surface area contributed by atoms with Crippen LogP contribution in [0.1, 0.15) is 21.8 Å². The Balaban J connectivity index is 1.61. The Morgan fingerprint density at radius 1 is 1.30 bits per heavy atom. The Kier molecular flexibility index (Phi) is 4.31. The highest BCUT2D eigenvalue weighted by Gasteiger charge is 2.35. The van der Waals surface area contributed by atoms with Crippen LogP contribution in [0.2, 0.25) is 0 Å². The predicted molar refractivity (Wildman–Crippen MR) is 99.5 cm³/mol. The van der Waals surface area contributed by atoms with Crippen LogP contribution in [0.25, 0.3) is 10.9 Å². The van der Waals surface area contributed by atoms with E-state index in [9.17, 15) is 14.7 Å². The Morgan fingerprint density at radius 2 is 2.07 bits per heavy atom. The molecular weight excluding hydrogens is 346 g/mol. The predicted octanol–water partition coefficient (Wildman–Crippen LogP) is 1.51. The zero-order valence-corrected chi connectivity index (χ0v) is 15.3. The number of benzene rings is 1. The van der Waals surface area contributed by atoms with Crippen molar-refractivity contribution in [2.75, 3.05) is 13.1 Å². The number of hydrogen-bond acceptors (Lipinski definition) is 5. The first kappa shape index (κ1) is 17.5. The molecule has 140 valence electrons. The highest BCUT2D eigenvalue weighted by atomic mass is 16.5. The van der Waals surface area contributed by atoms with Crippen LogP contribution in [0, 0.1) is 12.8 Å². The molecule has 3 aromatic rings. The molecule has 0 aliphatic carbocycles. The van der Waals surface area contributed by atoms with Crippen LogP contribution in [0.5, 0.6) is 0 Å². The molecule has 4 rings (SSSR count). The molecule has 1 amide bonds. The van der Waals surface area contributed by atoms with Gasteiger partial charge in [0.25, 0.3) is 11.5 Å². The SMILES string of the molecule is Cc1cc(C[C@@H]2CN(C(=O)c3cc(=O)n(C)c4ccccc34)C[C@H]2O)on1. The fourth-order valence-electron chi connectivity index (χ4n) is 3.75. The summed E-state index contributed by atoms with van der Waals surface area (Å²) in [6, 6.07) is 10.6. The number of rotatable bonds is 3. The van der Waals surface area contributed by atoms with E-state index in [0.29, 0.717) is 29.8 Å². The van der Waals surface area contributed by atoms with Gasteiger partial charge >= 0.3 is 0 Å². The first-order chi connectivity index (χ1) is 12.9. The lowest BCUT2D eigenvalue weighted by molar-refractivity contribution is 0.0766. The number of likely N-dealkylation sites (tertiary alicyclic amines) is 1. The van der Waals surface area contributed by atoms with Crippen molar-refractivity contribution in [2.45, 2.75) is 19.4 Å². The van der Waals surface area contributed by atoms with Gasteiger partial charge in [-0.05, 0) is 13.0 Å². The van der Waals surface area contributed by atoms with Crippen LogP contribution in [0.3, 0.4) is 0 Å². The molecule has 27 heavy (non-hydrogen) atoms. The zero-order chi connectivity index (χ0) is 19.1. The number of aryl methyl sites for hydroxylation is 2. The highest BCUT2D eigenvalue weighted by molar-refractivity contribution is 6.06. The van der Waals surface area contributed by atoms with E-state index in [1.165, 1.54) is 10.6 Å². The number of hydrogen-bond donors (Lipinski definition) is 1. The third-order valence-corrected chi connectivity index (χ3v) is 5.22. The molecule has 1 aliphatic heterocycles. The second kappa shape index (κ2) is 6.66. The number of fused-ring (bicyclic) bond motifs is 1. The summed E-state index contributed by atoms with van der Waals surface area (Å²) in [5, 5.41) is 15.0. The van der Waals surface area contributed by atoms with Crippen LogP contribution in [-0.2, 0) is 13.5 Å². The van der Waals surface area contributed by atoms with E-state index >= 15 is 0 Å². The molecule has 1 aliphatic rings. The van der Waals surface area contributed by atoms with Crippen molar-refractivity contribution in [1.82, 2.24) is 14.6 Å². The Morgan fingerprint density at radius 3 is 2.81 bits per heavy atom. The van der Waals surface area contributed by atoms with Crippen molar-refractivity contribution in [2.24, 2.45) is 13.0 Å². The number of aromatic nitrogens is 2. The van der Waals surface area contributed by atoms with Gasteiger partial charge < -0.3 is 19.1 Å². The highest BCUT2D eigenvalue weighted by Crippen LogP contribution is 2.25. The third kappa shape index (κ3) is 3.14. The van der Waals surface area contributed by atoms with Crippen LogP contribution in [0.4, 0.5) is 0 Å². The van der Waals surface area contributed by atoms with Gasteiger partial charge in [-0.15, -0.1) is 0 Å². The summed E-state index contributed by atoms with van der Waals surface area (Å²) in [5.41, 5.74) is 1.64. The number of aliphatic hydroxyl groups is 1. The van der Waals surface area contributed by atoms with Gasteiger partial charge in [-0.25, -0.2) is 0 Å². The molecule has 3 heterocycles. The monoisotopic (exact) mass is 367 g/mol. The van der Waals surface area contributed by atoms with Crippen molar-refractivity contribution in [1.29, 1.82) is 0 Å². The number of carbonyl (C=O) groups is 1. The van der Waals surface area contributed by atoms with E-state index in [1.54, 1.807) is 11.9 Å². The topological polar surface area (TPSA) is 88.6 Å². The van der Waals surface area contributed by atoms with Gasteiger partial charge in [-0.2, -0.15) is 0 Å². The minimum absolute atomic E-state index is 0.126. The van der Waals surface area contributed by atoms with Crippen LogP contribution in [0.15, 0.2) is 45.7 Å². The smallest absolute Gasteiger partial charge is 0.254 e. The summed E-state index contributed by atoms with van der Waals surface area (Å²) in [6.45, 7) is 2.48. The van der Waals surface area contributed by atoms with Crippen molar-refractivity contribution >= 4 is 16.8 Å². The molecule has 0 radical (unpaired) electrons. The first-order valence-electron chi connectivity index (χ1n) is 8.92. The molecule has 2 atom stereocenters. The Hall–Kier alpha value is -2.93. The molecule has 1 aromatic carbocycles. The van der Waals surface area contributed by atoms with Crippen LogP contribution in [-0.4, -0.2) is 44.8 Å². The maximum Gasteiger partial charge on any atom is 0.254 e. The molecule has 0 saturated carbocycles. The molecule has 7 nitrogen and oxygen atoms in total. The van der Waals surface area contributed by atoms with Gasteiger partial charge in [0.2, 0.25) is 0 Å². The molecule has 0 spiro atoms. The van der Waals surface area contributed by atoms with E-state index < -0.39 is 6.10 Å². The van der Waals surface area contributed by atoms with Crippen LogP contribution < -0.4 is 5.56 Å². The minimum atomic E-state index is -0.642.